The van der Waals surface area contributed by atoms with Crippen molar-refractivity contribution < 1.29 is 5.11 Å². The Morgan fingerprint density at radius 2 is 2.33 bits per heavy atom. The van der Waals surface area contributed by atoms with Gasteiger partial charge in [0.2, 0.25) is 0 Å². The second-order valence-corrected chi connectivity index (χ2v) is 2.25. The van der Waals surface area contributed by atoms with Crippen LogP contribution in [0.4, 0.5) is 0 Å². The van der Waals surface area contributed by atoms with E-state index in [4.69, 9.17) is 10.8 Å². The summed E-state index contributed by atoms with van der Waals surface area (Å²) in [7, 11) is 0. The maximum atomic E-state index is 8.51. The molecule has 0 aromatic carbocycles. The Bertz CT molecular complexity index is 90.9. The van der Waals surface area contributed by atoms with Gasteiger partial charge in [0, 0.05) is 6.04 Å². The lowest BCUT2D eigenvalue weighted by atomic mass is 10.1. The molecule has 0 amide bonds. The first-order valence-electron chi connectivity index (χ1n) is 3.23. The molecule has 0 bridgehead atoms. The third kappa shape index (κ3) is 4.18. The van der Waals surface area contributed by atoms with Gasteiger partial charge in [0.1, 0.15) is 0 Å². The van der Waals surface area contributed by atoms with Crippen LogP contribution >= 0.6 is 0 Å². The minimum atomic E-state index is -0.113. The summed E-state index contributed by atoms with van der Waals surface area (Å²) in [6.07, 6.45) is 1.70. The quantitative estimate of drug-likeness (QED) is 0.548. The fraction of sp³-hybridized carbons (Fsp3) is 0.714. The molecule has 1 unspecified atom stereocenters. The molecule has 0 aliphatic carbocycles. The van der Waals surface area contributed by atoms with Crippen LogP contribution in [-0.4, -0.2) is 17.8 Å². The summed E-state index contributed by atoms with van der Waals surface area (Å²) in [4.78, 5) is 0. The average molecular weight is 129 g/mol. The Balaban J connectivity index is 3.34. The van der Waals surface area contributed by atoms with Crippen LogP contribution < -0.4 is 5.73 Å². The molecule has 0 aromatic heterocycles. The second kappa shape index (κ2) is 4.53. The van der Waals surface area contributed by atoms with Crippen molar-refractivity contribution in [2.24, 2.45) is 5.73 Å². The smallest absolute Gasteiger partial charge is 0.0585 e. The van der Waals surface area contributed by atoms with Gasteiger partial charge in [0.05, 0.1) is 6.61 Å². The molecular formula is C7H15NO. The zero-order chi connectivity index (χ0) is 7.28. The van der Waals surface area contributed by atoms with Gasteiger partial charge in [-0.1, -0.05) is 19.1 Å². The molecule has 0 fully saturated rings. The lowest BCUT2D eigenvalue weighted by Gasteiger charge is -2.07. The van der Waals surface area contributed by atoms with E-state index in [1.54, 1.807) is 0 Å². The van der Waals surface area contributed by atoms with E-state index in [1.165, 1.54) is 0 Å². The molecule has 2 nitrogen and oxygen atoms in total. The monoisotopic (exact) mass is 129 g/mol. The van der Waals surface area contributed by atoms with Crippen LogP contribution in [0.1, 0.15) is 19.8 Å². The molecule has 0 rings (SSSR count). The van der Waals surface area contributed by atoms with Crippen molar-refractivity contribution in [3.8, 4) is 0 Å². The number of hydrogen-bond acceptors (Lipinski definition) is 2. The van der Waals surface area contributed by atoms with Crippen molar-refractivity contribution in [3.63, 3.8) is 0 Å². The van der Waals surface area contributed by atoms with Gasteiger partial charge in [0.25, 0.3) is 0 Å². The Hall–Kier alpha value is -0.340. The van der Waals surface area contributed by atoms with Crippen LogP contribution in [-0.2, 0) is 0 Å². The molecule has 2 heteroatoms. The average Bonchev–Trinajstić information content (AvgIpc) is 1.87. The van der Waals surface area contributed by atoms with Crippen molar-refractivity contribution in [3.05, 3.63) is 12.2 Å². The molecule has 0 aliphatic rings. The highest BCUT2D eigenvalue weighted by Gasteiger charge is 1.99. The third-order valence-electron chi connectivity index (χ3n) is 1.29. The van der Waals surface area contributed by atoms with Crippen LogP contribution in [0, 0.1) is 0 Å². The van der Waals surface area contributed by atoms with E-state index in [-0.39, 0.29) is 12.6 Å². The van der Waals surface area contributed by atoms with E-state index >= 15 is 0 Å². The molecule has 0 radical (unpaired) electrons. The van der Waals surface area contributed by atoms with Crippen molar-refractivity contribution in [1.82, 2.24) is 0 Å². The van der Waals surface area contributed by atoms with Gasteiger partial charge in [-0.3, -0.25) is 0 Å². The number of nitrogens with two attached hydrogens (primary N) is 1. The first kappa shape index (κ1) is 8.66. The lowest BCUT2D eigenvalue weighted by Crippen LogP contribution is -2.24. The van der Waals surface area contributed by atoms with E-state index in [9.17, 15) is 0 Å². The predicted octanol–water partition coefficient (Wildman–Crippen LogP) is 0.662. The maximum absolute atomic E-state index is 8.51. The molecule has 3 N–H and O–H groups in total. The number of rotatable bonds is 4. The summed E-state index contributed by atoms with van der Waals surface area (Å²) in [5.41, 5.74) is 6.55. The van der Waals surface area contributed by atoms with E-state index in [1.807, 2.05) is 6.92 Å². The highest BCUT2D eigenvalue weighted by atomic mass is 16.3. The first-order chi connectivity index (χ1) is 4.20. The van der Waals surface area contributed by atoms with Crippen molar-refractivity contribution in [2.75, 3.05) is 6.61 Å². The van der Waals surface area contributed by atoms with E-state index in [0.29, 0.717) is 0 Å². The van der Waals surface area contributed by atoms with Crippen molar-refractivity contribution in [1.29, 1.82) is 0 Å². The Kier molecular flexibility index (Phi) is 4.36. The number of aliphatic hydroxyl groups excluding tert-OH is 1. The first-order valence-corrected chi connectivity index (χ1v) is 3.23. The third-order valence-corrected chi connectivity index (χ3v) is 1.29. The molecule has 0 saturated heterocycles. The SMILES string of the molecule is C=C(CC)CC(N)CO. The van der Waals surface area contributed by atoms with Gasteiger partial charge >= 0.3 is 0 Å². The Morgan fingerprint density at radius 1 is 1.78 bits per heavy atom. The number of hydrogen-bond donors (Lipinski definition) is 2. The van der Waals surface area contributed by atoms with Gasteiger partial charge < -0.3 is 10.8 Å². The van der Waals surface area contributed by atoms with Gasteiger partial charge in [-0.15, -0.1) is 0 Å². The summed E-state index contributed by atoms with van der Waals surface area (Å²) >= 11 is 0. The van der Waals surface area contributed by atoms with E-state index in [0.717, 1.165) is 18.4 Å². The molecular weight excluding hydrogens is 114 g/mol. The summed E-state index contributed by atoms with van der Waals surface area (Å²) < 4.78 is 0. The Morgan fingerprint density at radius 3 is 2.67 bits per heavy atom. The Labute approximate surface area is 56.4 Å². The van der Waals surface area contributed by atoms with Crippen LogP contribution in [0.25, 0.3) is 0 Å². The molecule has 0 heterocycles. The van der Waals surface area contributed by atoms with Crippen molar-refractivity contribution in [2.45, 2.75) is 25.8 Å². The number of aliphatic hydroxyl groups is 1. The highest BCUT2D eigenvalue weighted by molar-refractivity contribution is 4.95. The van der Waals surface area contributed by atoms with Crippen LogP contribution in [0.2, 0.25) is 0 Å². The lowest BCUT2D eigenvalue weighted by molar-refractivity contribution is 0.264. The fourth-order valence-electron chi connectivity index (χ4n) is 0.580. The second-order valence-electron chi connectivity index (χ2n) is 2.25. The zero-order valence-electron chi connectivity index (χ0n) is 5.93. The summed E-state index contributed by atoms with van der Waals surface area (Å²) in [5, 5.41) is 8.51. The molecule has 54 valence electrons. The van der Waals surface area contributed by atoms with E-state index < -0.39 is 0 Å². The summed E-state index contributed by atoms with van der Waals surface area (Å²) in [5.74, 6) is 0. The summed E-state index contributed by atoms with van der Waals surface area (Å²) in [6, 6.07) is -0.113. The van der Waals surface area contributed by atoms with Gasteiger partial charge in [0.15, 0.2) is 0 Å². The van der Waals surface area contributed by atoms with Gasteiger partial charge in [-0.05, 0) is 12.8 Å². The standard InChI is InChI=1S/C7H15NO/c1-3-6(2)4-7(8)5-9/h7,9H,2-5,8H2,1H3. The molecule has 1 atom stereocenters. The van der Waals surface area contributed by atoms with Gasteiger partial charge in [-0.2, -0.15) is 0 Å². The predicted molar refractivity (Wildman–Crippen MR) is 39.1 cm³/mol. The van der Waals surface area contributed by atoms with Crippen LogP contribution in [0.15, 0.2) is 12.2 Å². The molecule has 0 aromatic rings. The topological polar surface area (TPSA) is 46.2 Å². The minimum absolute atomic E-state index is 0.0546. The highest BCUT2D eigenvalue weighted by Crippen LogP contribution is 2.03. The maximum Gasteiger partial charge on any atom is 0.0585 e. The summed E-state index contributed by atoms with van der Waals surface area (Å²) in [6.45, 7) is 5.86. The zero-order valence-corrected chi connectivity index (χ0v) is 5.93. The molecule has 0 spiro atoms. The fourth-order valence-corrected chi connectivity index (χ4v) is 0.580. The van der Waals surface area contributed by atoms with Crippen LogP contribution in [0.3, 0.4) is 0 Å². The van der Waals surface area contributed by atoms with Crippen LogP contribution in [0.5, 0.6) is 0 Å². The molecule has 9 heavy (non-hydrogen) atoms. The largest absolute Gasteiger partial charge is 0.395 e. The van der Waals surface area contributed by atoms with Crippen molar-refractivity contribution >= 4 is 0 Å². The minimum Gasteiger partial charge on any atom is -0.395 e. The van der Waals surface area contributed by atoms with E-state index in [2.05, 4.69) is 6.58 Å². The molecule has 0 aliphatic heterocycles. The normalized spacial score (nSPS) is 13.2. The van der Waals surface area contributed by atoms with Gasteiger partial charge in [-0.25, -0.2) is 0 Å². The molecule has 0 saturated carbocycles.